The molecule has 0 N–H and O–H groups in total. The Kier molecular flexibility index (Phi) is 5.13. The van der Waals surface area contributed by atoms with Crippen molar-refractivity contribution < 1.29 is 4.74 Å². The second-order valence-electron chi connectivity index (χ2n) is 5.37. The van der Waals surface area contributed by atoms with Gasteiger partial charge in [0.15, 0.2) is 0 Å². The highest BCUT2D eigenvalue weighted by molar-refractivity contribution is 4.73. The number of rotatable bonds is 6. The van der Waals surface area contributed by atoms with E-state index in [4.69, 9.17) is 4.74 Å². The molecule has 0 radical (unpaired) electrons. The van der Waals surface area contributed by atoms with Crippen LogP contribution < -0.4 is 0 Å². The molecule has 0 atom stereocenters. The molecule has 1 aliphatic rings. The molecule has 5 nitrogen and oxygen atoms in total. The highest BCUT2D eigenvalue weighted by Gasteiger charge is 2.19. The van der Waals surface area contributed by atoms with Crippen molar-refractivity contribution in [3.63, 3.8) is 0 Å². The zero-order valence-corrected chi connectivity index (χ0v) is 11.5. The summed E-state index contributed by atoms with van der Waals surface area (Å²) in [5, 5.41) is 7.63. The first kappa shape index (κ1) is 13.5. The van der Waals surface area contributed by atoms with Gasteiger partial charge >= 0.3 is 0 Å². The molecule has 1 aliphatic heterocycles. The van der Waals surface area contributed by atoms with Gasteiger partial charge < -0.3 is 14.2 Å². The van der Waals surface area contributed by atoms with Crippen LogP contribution in [0.2, 0.25) is 0 Å². The number of nitrogens with zero attached hydrogens (tertiary/aromatic N) is 4. The summed E-state index contributed by atoms with van der Waals surface area (Å²) >= 11 is 0. The van der Waals surface area contributed by atoms with Crippen LogP contribution in [-0.4, -0.2) is 52.0 Å². The molecule has 1 aromatic heterocycles. The lowest BCUT2D eigenvalue weighted by molar-refractivity contribution is 0.0302. The summed E-state index contributed by atoms with van der Waals surface area (Å²) in [7, 11) is 0. The fourth-order valence-electron chi connectivity index (χ4n) is 2.30. The fourth-order valence-corrected chi connectivity index (χ4v) is 2.30. The lowest BCUT2D eigenvalue weighted by Crippen LogP contribution is -2.37. The standard InChI is InChI=1S/C13H24N4O/c1-12(2)18-9-13-3-5-16(6-4-13)7-8-17-10-14-15-11-17/h10-13H,3-9H2,1-2H3. The van der Waals surface area contributed by atoms with Crippen molar-refractivity contribution in [3.05, 3.63) is 12.7 Å². The zero-order chi connectivity index (χ0) is 12.8. The van der Waals surface area contributed by atoms with E-state index in [0.717, 1.165) is 25.6 Å². The molecule has 0 unspecified atom stereocenters. The molecule has 5 heteroatoms. The van der Waals surface area contributed by atoms with Gasteiger partial charge in [0.1, 0.15) is 12.7 Å². The van der Waals surface area contributed by atoms with Gasteiger partial charge in [-0.3, -0.25) is 0 Å². The van der Waals surface area contributed by atoms with Crippen LogP contribution >= 0.6 is 0 Å². The van der Waals surface area contributed by atoms with Crippen molar-refractivity contribution in [3.8, 4) is 0 Å². The summed E-state index contributed by atoms with van der Waals surface area (Å²) in [6, 6.07) is 0. The van der Waals surface area contributed by atoms with E-state index in [1.165, 1.54) is 25.9 Å². The third-order valence-corrected chi connectivity index (χ3v) is 3.51. The van der Waals surface area contributed by atoms with Crippen molar-refractivity contribution in [1.29, 1.82) is 0 Å². The highest BCUT2D eigenvalue weighted by Crippen LogP contribution is 2.17. The third-order valence-electron chi connectivity index (χ3n) is 3.51. The maximum Gasteiger partial charge on any atom is 0.119 e. The second-order valence-corrected chi connectivity index (χ2v) is 5.37. The van der Waals surface area contributed by atoms with Gasteiger partial charge in [0.05, 0.1) is 6.10 Å². The molecule has 0 amide bonds. The highest BCUT2D eigenvalue weighted by atomic mass is 16.5. The molecular weight excluding hydrogens is 228 g/mol. The van der Waals surface area contributed by atoms with Gasteiger partial charge in [-0.25, -0.2) is 0 Å². The van der Waals surface area contributed by atoms with Gasteiger partial charge in [0.2, 0.25) is 0 Å². The monoisotopic (exact) mass is 252 g/mol. The van der Waals surface area contributed by atoms with Crippen LogP contribution in [0.3, 0.4) is 0 Å². The predicted molar refractivity (Wildman–Crippen MR) is 70.3 cm³/mol. The van der Waals surface area contributed by atoms with Crippen molar-refractivity contribution in [2.45, 2.75) is 39.3 Å². The molecule has 1 saturated heterocycles. The minimum Gasteiger partial charge on any atom is -0.379 e. The first-order chi connectivity index (χ1) is 8.74. The van der Waals surface area contributed by atoms with Crippen molar-refractivity contribution in [2.75, 3.05) is 26.2 Å². The Morgan fingerprint density at radius 2 is 1.83 bits per heavy atom. The van der Waals surface area contributed by atoms with Gasteiger partial charge in [-0.1, -0.05) is 0 Å². The normalized spacial score (nSPS) is 18.6. The summed E-state index contributed by atoms with van der Waals surface area (Å²) in [6.45, 7) is 9.60. The Labute approximate surface area is 109 Å². The summed E-state index contributed by atoms with van der Waals surface area (Å²) in [5.74, 6) is 0.749. The Morgan fingerprint density at radius 3 is 2.44 bits per heavy atom. The van der Waals surface area contributed by atoms with Crippen LogP contribution in [0.1, 0.15) is 26.7 Å². The zero-order valence-electron chi connectivity index (χ0n) is 11.5. The molecule has 18 heavy (non-hydrogen) atoms. The van der Waals surface area contributed by atoms with Gasteiger partial charge in [-0.2, -0.15) is 0 Å². The van der Waals surface area contributed by atoms with Gasteiger partial charge in [0, 0.05) is 19.7 Å². The molecule has 2 rings (SSSR count). The quantitative estimate of drug-likeness (QED) is 0.768. The van der Waals surface area contributed by atoms with Crippen LogP contribution in [0, 0.1) is 5.92 Å². The van der Waals surface area contributed by atoms with Crippen LogP contribution in [0.5, 0.6) is 0 Å². The summed E-state index contributed by atoms with van der Waals surface area (Å²) in [6.07, 6.45) is 6.44. The third kappa shape index (κ3) is 4.38. The molecule has 0 spiro atoms. The Morgan fingerprint density at radius 1 is 1.17 bits per heavy atom. The van der Waals surface area contributed by atoms with Crippen LogP contribution in [-0.2, 0) is 11.3 Å². The molecular formula is C13H24N4O. The molecule has 102 valence electrons. The van der Waals surface area contributed by atoms with Gasteiger partial charge in [-0.05, 0) is 45.7 Å². The van der Waals surface area contributed by atoms with Crippen molar-refractivity contribution in [2.24, 2.45) is 5.92 Å². The molecule has 2 heterocycles. The lowest BCUT2D eigenvalue weighted by atomic mass is 9.98. The largest absolute Gasteiger partial charge is 0.379 e. The first-order valence-corrected chi connectivity index (χ1v) is 6.90. The Bertz CT molecular complexity index is 318. The number of hydrogen-bond acceptors (Lipinski definition) is 4. The van der Waals surface area contributed by atoms with Crippen LogP contribution in [0.25, 0.3) is 0 Å². The first-order valence-electron chi connectivity index (χ1n) is 6.90. The van der Waals surface area contributed by atoms with Gasteiger partial charge in [-0.15, -0.1) is 10.2 Å². The summed E-state index contributed by atoms with van der Waals surface area (Å²) in [5.41, 5.74) is 0. The maximum atomic E-state index is 5.70. The van der Waals surface area contributed by atoms with E-state index < -0.39 is 0 Å². The maximum absolute atomic E-state index is 5.70. The lowest BCUT2D eigenvalue weighted by Gasteiger charge is -2.32. The number of hydrogen-bond donors (Lipinski definition) is 0. The number of likely N-dealkylation sites (tertiary alicyclic amines) is 1. The predicted octanol–water partition coefficient (Wildman–Crippen LogP) is 1.42. The average Bonchev–Trinajstić information content (AvgIpc) is 2.88. The molecule has 0 aliphatic carbocycles. The molecule has 1 aromatic rings. The van der Waals surface area contributed by atoms with Crippen molar-refractivity contribution in [1.82, 2.24) is 19.7 Å². The smallest absolute Gasteiger partial charge is 0.119 e. The van der Waals surface area contributed by atoms with Gasteiger partial charge in [0.25, 0.3) is 0 Å². The van der Waals surface area contributed by atoms with Crippen LogP contribution in [0.15, 0.2) is 12.7 Å². The minimum absolute atomic E-state index is 0.358. The van der Waals surface area contributed by atoms with E-state index >= 15 is 0 Å². The van der Waals surface area contributed by atoms with E-state index in [-0.39, 0.29) is 0 Å². The van der Waals surface area contributed by atoms with E-state index in [2.05, 4.69) is 28.9 Å². The fraction of sp³-hybridized carbons (Fsp3) is 0.846. The Hall–Kier alpha value is -0.940. The average molecular weight is 252 g/mol. The molecule has 1 fully saturated rings. The van der Waals surface area contributed by atoms with E-state index in [1.807, 2.05) is 4.57 Å². The summed E-state index contributed by atoms with van der Waals surface area (Å²) < 4.78 is 7.73. The SMILES string of the molecule is CC(C)OCC1CCN(CCn2cnnc2)CC1. The second kappa shape index (κ2) is 6.85. The number of piperidine rings is 1. The topological polar surface area (TPSA) is 43.2 Å². The molecule has 0 saturated carbocycles. The van der Waals surface area contributed by atoms with E-state index in [0.29, 0.717) is 6.10 Å². The molecule has 0 bridgehead atoms. The van der Waals surface area contributed by atoms with E-state index in [9.17, 15) is 0 Å². The summed E-state index contributed by atoms with van der Waals surface area (Å²) in [4.78, 5) is 2.52. The Balaban J connectivity index is 1.61. The number of ether oxygens (including phenoxy) is 1. The molecule has 0 aromatic carbocycles. The van der Waals surface area contributed by atoms with Crippen LogP contribution in [0.4, 0.5) is 0 Å². The van der Waals surface area contributed by atoms with Crippen molar-refractivity contribution >= 4 is 0 Å². The van der Waals surface area contributed by atoms with E-state index in [1.54, 1.807) is 12.7 Å². The minimum atomic E-state index is 0.358. The number of aromatic nitrogens is 3.